The van der Waals surface area contributed by atoms with Gasteiger partial charge in [-0.25, -0.2) is 0 Å². The Labute approximate surface area is 95.6 Å². The molecule has 13 heavy (non-hydrogen) atoms. The first-order valence-corrected chi connectivity index (χ1v) is 5.59. The molecule has 0 aromatic heterocycles. The van der Waals surface area contributed by atoms with Gasteiger partial charge in [-0.15, -0.1) is 0 Å². The molecule has 0 radical (unpaired) electrons. The highest BCUT2D eigenvalue weighted by Gasteiger charge is 1.84. The molecule has 0 fully saturated rings. The zero-order valence-corrected chi connectivity index (χ0v) is 10.3. The first-order chi connectivity index (χ1) is 6.29. The van der Waals surface area contributed by atoms with Gasteiger partial charge in [-0.05, 0) is 49.9 Å². The molecule has 0 amide bonds. The largest absolute Gasteiger partial charge is 0.0801 e. The number of allylic oxidation sites excluding steroid dienone is 3. The van der Waals surface area contributed by atoms with Crippen LogP contribution in [0.3, 0.4) is 0 Å². The van der Waals surface area contributed by atoms with Gasteiger partial charge in [0.05, 0.1) is 3.39 Å². The van der Waals surface area contributed by atoms with E-state index in [1.54, 1.807) is 0 Å². The number of hydrogen-bond donors (Lipinski definition) is 0. The zero-order valence-electron chi connectivity index (χ0n) is 7.08. The lowest BCUT2D eigenvalue weighted by atomic mass is 10.1. The molecule has 0 saturated carbocycles. The van der Waals surface area contributed by atoms with Crippen LogP contribution >= 0.6 is 31.9 Å². The first-order valence-electron chi connectivity index (χ1n) is 4.01. The predicted octanol–water partition coefficient (Wildman–Crippen LogP) is 4.42. The van der Waals surface area contributed by atoms with Crippen molar-refractivity contribution < 1.29 is 0 Å². The average Bonchev–Trinajstić information content (AvgIpc) is 2.14. The Bertz CT molecular complexity index is 295. The van der Waals surface area contributed by atoms with Gasteiger partial charge in [0.15, 0.2) is 0 Å². The van der Waals surface area contributed by atoms with Crippen molar-refractivity contribution in [2.45, 2.75) is 6.42 Å². The van der Waals surface area contributed by atoms with E-state index in [1.165, 1.54) is 5.56 Å². The summed E-state index contributed by atoms with van der Waals surface area (Å²) in [5.74, 6) is 0. The van der Waals surface area contributed by atoms with Crippen LogP contribution in [0, 0.1) is 0 Å². The zero-order chi connectivity index (χ0) is 9.52. The maximum Gasteiger partial charge on any atom is 0.0603 e. The van der Waals surface area contributed by atoms with E-state index < -0.39 is 0 Å². The van der Waals surface area contributed by atoms with E-state index >= 15 is 0 Å². The van der Waals surface area contributed by atoms with Crippen molar-refractivity contribution in [2.24, 2.45) is 0 Å². The van der Waals surface area contributed by atoms with Crippen molar-refractivity contribution in [3.63, 3.8) is 0 Å². The molecule has 68 valence electrons. The van der Waals surface area contributed by atoms with E-state index in [2.05, 4.69) is 62.2 Å². The fraction of sp³-hybridized carbons (Fsp3) is 0.0909. The Kier molecular flexibility index (Phi) is 5.09. The molecule has 1 rings (SSSR count). The smallest absolute Gasteiger partial charge is 0.0603 e. The minimum absolute atomic E-state index is 0.962. The second kappa shape index (κ2) is 6.17. The molecule has 0 spiro atoms. The van der Waals surface area contributed by atoms with E-state index in [4.69, 9.17) is 0 Å². The third-order valence-corrected chi connectivity index (χ3v) is 2.08. The summed E-state index contributed by atoms with van der Waals surface area (Å²) in [5.41, 5.74) is 1.33. The van der Waals surface area contributed by atoms with Crippen molar-refractivity contribution in [1.29, 1.82) is 0 Å². The molecule has 1 aromatic rings. The molecule has 0 nitrogen and oxygen atoms in total. The van der Waals surface area contributed by atoms with Crippen molar-refractivity contribution in [2.75, 3.05) is 0 Å². The lowest BCUT2D eigenvalue weighted by molar-refractivity contribution is 1.27. The van der Waals surface area contributed by atoms with Gasteiger partial charge in [0.25, 0.3) is 0 Å². The quantitative estimate of drug-likeness (QED) is 0.725. The number of hydrogen-bond acceptors (Lipinski definition) is 0. The summed E-state index contributed by atoms with van der Waals surface area (Å²) in [6.07, 6.45) is 7.08. The minimum Gasteiger partial charge on any atom is -0.0801 e. The van der Waals surface area contributed by atoms with E-state index in [0.29, 0.717) is 0 Å². The summed E-state index contributed by atoms with van der Waals surface area (Å²) in [4.78, 5) is 0. The maximum absolute atomic E-state index is 3.29. The standard InChI is InChI=1S/C11H10Br2/c12-11(13)9-5-4-8-10-6-2-1-3-7-10/h1-7,9H,8H2. The Hall–Kier alpha value is -0.340. The normalized spacial score (nSPS) is 10.3. The van der Waals surface area contributed by atoms with E-state index in [-0.39, 0.29) is 0 Å². The van der Waals surface area contributed by atoms with Gasteiger partial charge in [-0.2, -0.15) is 0 Å². The summed E-state index contributed by atoms with van der Waals surface area (Å²) in [6, 6.07) is 10.4. The van der Waals surface area contributed by atoms with Gasteiger partial charge in [-0.1, -0.05) is 42.5 Å². The van der Waals surface area contributed by atoms with Crippen LogP contribution < -0.4 is 0 Å². The highest BCUT2D eigenvalue weighted by Crippen LogP contribution is 2.12. The van der Waals surface area contributed by atoms with Crippen LogP contribution in [0.2, 0.25) is 0 Å². The van der Waals surface area contributed by atoms with Gasteiger partial charge in [0.2, 0.25) is 0 Å². The van der Waals surface area contributed by atoms with Crippen LogP contribution in [0.25, 0.3) is 0 Å². The molecule has 2 heteroatoms. The molecule has 0 heterocycles. The second-order valence-corrected chi connectivity index (χ2v) is 5.35. The highest BCUT2D eigenvalue weighted by atomic mass is 79.9. The Morgan fingerprint density at radius 3 is 2.46 bits per heavy atom. The molecule has 0 saturated heterocycles. The SMILES string of the molecule is BrC(Br)=CC=CCc1ccccc1. The molecule has 0 N–H and O–H groups in total. The summed E-state index contributed by atoms with van der Waals surface area (Å²) in [5, 5.41) is 0. The van der Waals surface area contributed by atoms with E-state index in [0.717, 1.165) is 9.81 Å². The summed E-state index contributed by atoms with van der Waals surface area (Å²) in [7, 11) is 0. The number of halogens is 2. The van der Waals surface area contributed by atoms with Crippen LogP contribution in [0.15, 0.2) is 52.0 Å². The minimum atomic E-state index is 0.962. The summed E-state index contributed by atoms with van der Waals surface area (Å²) < 4.78 is 0.962. The van der Waals surface area contributed by atoms with Crippen LogP contribution in [-0.2, 0) is 6.42 Å². The molecular weight excluding hydrogens is 292 g/mol. The fourth-order valence-electron chi connectivity index (χ4n) is 0.959. The molecule has 0 aliphatic rings. The number of rotatable bonds is 3. The van der Waals surface area contributed by atoms with Gasteiger partial charge in [0, 0.05) is 0 Å². The maximum atomic E-state index is 3.29. The highest BCUT2D eigenvalue weighted by molar-refractivity contribution is 9.28. The van der Waals surface area contributed by atoms with Crippen LogP contribution in [0.5, 0.6) is 0 Å². The van der Waals surface area contributed by atoms with Crippen molar-refractivity contribution >= 4 is 31.9 Å². The van der Waals surface area contributed by atoms with E-state index in [1.807, 2.05) is 18.2 Å². The van der Waals surface area contributed by atoms with Crippen LogP contribution in [0.4, 0.5) is 0 Å². The topological polar surface area (TPSA) is 0 Å². The van der Waals surface area contributed by atoms with Gasteiger partial charge in [-0.3, -0.25) is 0 Å². The third-order valence-electron chi connectivity index (χ3n) is 1.55. The van der Waals surface area contributed by atoms with Crippen LogP contribution in [-0.4, -0.2) is 0 Å². The molecule has 0 unspecified atom stereocenters. The summed E-state index contributed by atoms with van der Waals surface area (Å²) in [6.45, 7) is 0. The average molecular weight is 302 g/mol. The number of benzene rings is 1. The summed E-state index contributed by atoms with van der Waals surface area (Å²) >= 11 is 6.57. The monoisotopic (exact) mass is 300 g/mol. The van der Waals surface area contributed by atoms with Gasteiger partial charge < -0.3 is 0 Å². The van der Waals surface area contributed by atoms with Gasteiger partial charge in [0.1, 0.15) is 0 Å². The lowest BCUT2D eigenvalue weighted by Gasteiger charge is -1.92. The molecule has 0 aliphatic heterocycles. The molecule has 0 atom stereocenters. The van der Waals surface area contributed by atoms with Crippen molar-refractivity contribution in [1.82, 2.24) is 0 Å². The van der Waals surface area contributed by atoms with Crippen LogP contribution in [0.1, 0.15) is 5.56 Å². The van der Waals surface area contributed by atoms with E-state index in [9.17, 15) is 0 Å². The molecule has 0 bridgehead atoms. The lowest BCUT2D eigenvalue weighted by Crippen LogP contribution is -1.77. The van der Waals surface area contributed by atoms with Crippen molar-refractivity contribution in [3.05, 3.63) is 57.5 Å². The van der Waals surface area contributed by atoms with Gasteiger partial charge >= 0.3 is 0 Å². The fourth-order valence-corrected chi connectivity index (χ4v) is 1.26. The first kappa shape index (κ1) is 10.7. The predicted molar refractivity (Wildman–Crippen MR) is 65.2 cm³/mol. The molecular formula is C11H10Br2. The molecule has 1 aromatic carbocycles. The second-order valence-electron chi connectivity index (χ2n) is 2.57. The Morgan fingerprint density at radius 1 is 1.15 bits per heavy atom. The Morgan fingerprint density at radius 2 is 1.85 bits per heavy atom. The van der Waals surface area contributed by atoms with Crippen molar-refractivity contribution in [3.8, 4) is 0 Å². The molecule has 0 aliphatic carbocycles. The third kappa shape index (κ3) is 5.06. The Balaban J connectivity index is 2.44.